The van der Waals surface area contributed by atoms with Gasteiger partial charge in [-0.3, -0.25) is 4.79 Å². The lowest BCUT2D eigenvalue weighted by Gasteiger charge is -2.30. The highest BCUT2D eigenvalue weighted by atomic mass is 16.5. The number of amides is 1. The molecule has 1 aliphatic heterocycles. The summed E-state index contributed by atoms with van der Waals surface area (Å²) in [5.74, 6) is 2.36. The number of nitrogens with one attached hydrogen (secondary N) is 1. The maximum absolute atomic E-state index is 12.5. The number of fused-ring (bicyclic) bond motifs is 1. The van der Waals surface area contributed by atoms with Crippen LogP contribution in [0.3, 0.4) is 0 Å². The van der Waals surface area contributed by atoms with Crippen molar-refractivity contribution in [3.05, 3.63) is 35.4 Å². The van der Waals surface area contributed by atoms with Crippen LogP contribution in [-0.4, -0.2) is 41.0 Å². The molecule has 7 nitrogen and oxygen atoms in total. The van der Waals surface area contributed by atoms with Crippen LogP contribution in [0.5, 0.6) is 28.7 Å². The van der Waals surface area contributed by atoms with E-state index < -0.39 is 0 Å². The number of rotatable bonds is 8. The van der Waals surface area contributed by atoms with Crippen molar-refractivity contribution < 1.29 is 28.5 Å². The van der Waals surface area contributed by atoms with Gasteiger partial charge in [-0.15, -0.1) is 0 Å². The van der Waals surface area contributed by atoms with Crippen molar-refractivity contribution in [1.82, 2.24) is 0 Å². The molecule has 2 aromatic rings. The quantitative estimate of drug-likeness (QED) is 0.721. The summed E-state index contributed by atoms with van der Waals surface area (Å²) in [7, 11) is 6.29. The lowest BCUT2D eigenvalue weighted by molar-refractivity contribution is -0.116. The summed E-state index contributed by atoms with van der Waals surface area (Å²) in [5.41, 5.74) is 2.31. The van der Waals surface area contributed by atoms with Crippen molar-refractivity contribution in [2.75, 3.05) is 40.4 Å². The number of para-hydroxylation sites is 1. The maximum Gasteiger partial charge on any atom is 0.225 e. The molecule has 1 N–H and O–H groups in total. The summed E-state index contributed by atoms with van der Waals surface area (Å²) in [5, 5.41) is 2.93. The minimum atomic E-state index is -0.296. The average Bonchev–Trinajstić information content (AvgIpc) is 2.75. The Morgan fingerprint density at radius 2 is 1.69 bits per heavy atom. The van der Waals surface area contributed by atoms with E-state index in [0.717, 1.165) is 17.5 Å². The van der Waals surface area contributed by atoms with Crippen LogP contribution >= 0.6 is 0 Å². The van der Waals surface area contributed by atoms with Gasteiger partial charge in [0.2, 0.25) is 11.7 Å². The number of anilines is 1. The Kier molecular flexibility index (Phi) is 6.36. The number of carbonyl (C=O) groups is 1. The highest BCUT2D eigenvalue weighted by Gasteiger charge is 2.35. The molecule has 0 unspecified atom stereocenters. The van der Waals surface area contributed by atoms with Crippen LogP contribution in [0.25, 0.3) is 0 Å². The van der Waals surface area contributed by atoms with Crippen LogP contribution in [0.15, 0.2) is 24.3 Å². The molecule has 0 saturated heterocycles. The summed E-state index contributed by atoms with van der Waals surface area (Å²) >= 11 is 0. The van der Waals surface area contributed by atoms with E-state index in [1.807, 2.05) is 25.1 Å². The van der Waals surface area contributed by atoms with Gasteiger partial charge in [0.1, 0.15) is 0 Å². The van der Waals surface area contributed by atoms with Gasteiger partial charge in [0.05, 0.1) is 40.7 Å². The monoisotopic (exact) mass is 401 g/mol. The number of hydrogen-bond acceptors (Lipinski definition) is 6. The molecule has 2 aromatic carbocycles. The highest BCUT2D eigenvalue weighted by Crippen LogP contribution is 2.53. The van der Waals surface area contributed by atoms with Crippen molar-refractivity contribution in [2.24, 2.45) is 0 Å². The summed E-state index contributed by atoms with van der Waals surface area (Å²) in [6.07, 6.45) is 1.10. The van der Waals surface area contributed by atoms with Crippen molar-refractivity contribution >= 4 is 11.6 Å². The van der Waals surface area contributed by atoms with Crippen LogP contribution in [0.4, 0.5) is 5.69 Å². The molecular formula is C22H27NO6. The second-order valence-corrected chi connectivity index (χ2v) is 6.64. The topological polar surface area (TPSA) is 75.3 Å². The molecule has 0 aromatic heterocycles. The third-order valence-electron chi connectivity index (χ3n) is 4.94. The molecule has 1 atom stereocenters. The summed E-state index contributed by atoms with van der Waals surface area (Å²) in [6.45, 7) is 2.58. The first-order valence-corrected chi connectivity index (χ1v) is 9.51. The van der Waals surface area contributed by atoms with Gasteiger partial charge in [-0.1, -0.05) is 19.1 Å². The average molecular weight is 401 g/mol. The van der Waals surface area contributed by atoms with Crippen molar-refractivity contribution in [2.45, 2.75) is 25.7 Å². The molecule has 7 heteroatoms. The minimum Gasteiger partial charge on any atom is -0.493 e. The van der Waals surface area contributed by atoms with Crippen LogP contribution in [0.2, 0.25) is 0 Å². The van der Waals surface area contributed by atoms with Crippen molar-refractivity contribution in [1.29, 1.82) is 0 Å². The zero-order valence-corrected chi connectivity index (χ0v) is 17.5. The van der Waals surface area contributed by atoms with Crippen LogP contribution in [0.1, 0.15) is 36.8 Å². The zero-order valence-electron chi connectivity index (χ0n) is 17.5. The molecule has 1 aliphatic rings. The van der Waals surface area contributed by atoms with E-state index in [-0.39, 0.29) is 18.2 Å². The van der Waals surface area contributed by atoms with Gasteiger partial charge < -0.3 is 29.0 Å². The van der Waals surface area contributed by atoms with Crippen molar-refractivity contribution in [3.63, 3.8) is 0 Å². The second kappa shape index (κ2) is 8.94. The molecule has 0 saturated carbocycles. The van der Waals surface area contributed by atoms with E-state index in [2.05, 4.69) is 5.32 Å². The highest BCUT2D eigenvalue weighted by molar-refractivity contribution is 5.97. The molecule has 0 aliphatic carbocycles. The smallest absolute Gasteiger partial charge is 0.225 e. The standard InChI is InChI=1S/C22H27NO6/c1-6-10-29-20-13(8-7-9-16(20)25-2)14-11-18(24)23-15-12-17(26-3)21(27-4)22(28-5)19(14)15/h7-9,12,14H,6,10-11H2,1-5H3,(H,23,24)/t14-/m1/s1. The first-order valence-electron chi connectivity index (χ1n) is 9.51. The molecule has 3 rings (SSSR count). The van der Waals surface area contributed by atoms with Gasteiger partial charge >= 0.3 is 0 Å². The largest absolute Gasteiger partial charge is 0.493 e. The summed E-state index contributed by atoms with van der Waals surface area (Å²) in [4.78, 5) is 12.5. The molecule has 1 heterocycles. The van der Waals surface area contributed by atoms with Crippen LogP contribution < -0.4 is 29.0 Å². The number of carbonyl (C=O) groups excluding carboxylic acids is 1. The number of hydrogen-bond donors (Lipinski definition) is 1. The number of benzene rings is 2. The van der Waals surface area contributed by atoms with Gasteiger partial charge in [-0.25, -0.2) is 0 Å². The zero-order chi connectivity index (χ0) is 21.0. The third kappa shape index (κ3) is 3.77. The van der Waals surface area contributed by atoms with E-state index in [9.17, 15) is 4.79 Å². The Balaban J connectivity index is 2.25. The van der Waals surface area contributed by atoms with E-state index in [4.69, 9.17) is 23.7 Å². The fourth-order valence-electron chi connectivity index (χ4n) is 3.71. The van der Waals surface area contributed by atoms with Gasteiger partial charge in [0, 0.05) is 29.5 Å². The maximum atomic E-state index is 12.5. The molecule has 29 heavy (non-hydrogen) atoms. The summed E-state index contributed by atoms with van der Waals surface area (Å²) < 4.78 is 28.3. The Morgan fingerprint density at radius 1 is 0.966 bits per heavy atom. The van der Waals surface area contributed by atoms with Crippen LogP contribution in [0, 0.1) is 0 Å². The Hall–Kier alpha value is -3.09. The molecular weight excluding hydrogens is 374 g/mol. The first-order chi connectivity index (χ1) is 14.1. The van der Waals surface area contributed by atoms with Gasteiger partial charge in [-0.2, -0.15) is 0 Å². The third-order valence-corrected chi connectivity index (χ3v) is 4.94. The van der Waals surface area contributed by atoms with Gasteiger partial charge in [-0.05, 0) is 12.5 Å². The fourth-order valence-corrected chi connectivity index (χ4v) is 3.71. The lowest BCUT2D eigenvalue weighted by Crippen LogP contribution is -2.25. The molecule has 0 fully saturated rings. The Morgan fingerprint density at radius 3 is 2.31 bits per heavy atom. The Bertz CT molecular complexity index is 895. The molecule has 0 radical (unpaired) electrons. The molecule has 0 spiro atoms. The van der Waals surface area contributed by atoms with E-state index in [1.165, 1.54) is 0 Å². The van der Waals surface area contributed by atoms with E-state index in [0.29, 0.717) is 41.0 Å². The van der Waals surface area contributed by atoms with E-state index >= 15 is 0 Å². The predicted octanol–water partition coefficient (Wildman–Crippen LogP) is 3.98. The second-order valence-electron chi connectivity index (χ2n) is 6.64. The van der Waals surface area contributed by atoms with Crippen LogP contribution in [-0.2, 0) is 4.79 Å². The Labute approximate surface area is 170 Å². The minimum absolute atomic E-state index is 0.0963. The van der Waals surface area contributed by atoms with Gasteiger partial charge in [0.15, 0.2) is 23.0 Å². The lowest BCUT2D eigenvalue weighted by atomic mass is 9.83. The normalized spacial score (nSPS) is 15.2. The fraction of sp³-hybridized carbons (Fsp3) is 0.409. The van der Waals surface area contributed by atoms with Gasteiger partial charge in [0.25, 0.3) is 0 Å². The van der Waals surface area contributed by atoms with Crippen molar-refractivity contribution in [3.8, 4) is 28.7 Å². The summed E-state index contributed by atoms with van der Waals surface area (Å²) in [6, 6.07) is 7.46. The molecule has 0 bridgehead atoms. The molecule has 156 valence electrons. The van der Waals surface area contributed by atoms with E-state index in [1.54, 1.807) is 34.5 Å². The predicted molar refractivity (Wildman–Crippen MR) is 110 cm³/mol. The molecule has 1 amide bonds. The SMILES string of the molecule is CCCOc1c(OC)cccc1[C@H]1CC(=O)Nc2cc(OC)c(OC)c(OC)c21. The number of ether oxygens (including phenoxy) is 5. The first kappa shape index (κ1) is 20.6. The number of methoxy groups -OCH3 is 4.